The van der Waals surface area contributed by atoms with Crippen molar-refractivity contribution in [3.8, 4) is 0 Å². The van der Waals surface area contributed by atoms with Gasteiger partial charge in [-0.15, -0.1) is 0 Å². The Morgan fingerprint density at radius 3 is 2.56 bits per heavy atom. The minimum Gasteiger partial charge on any atom is -0.396 e. The maximum Gasteiger partial charge on any atom is 0.0472 e. The highest BCUT2D eigenvalue weighted by Gasteiger charge is 2.32. The molecule has 0 aliphatic carbocycles. The lowest BCUT2D eigenvalue weighted by molar-refractivity contribution is 0.000115. The van der Waals surface area contributed by atoms with Crippen LogP contribution in [0.2, 0.25) is 0 Å². The van der Waals surface area contributed by atoms with Crippen molar-refractivity contribution in [3.63, 3.8) is 0 Å². The van der Waals surface area contributed by atoms with Gasteiger partial charge in [-0.25, -0.2) is 0 Å². The average molecular weight is 258 g/mol. The van der Waals surface area contributed by atoms with Gasteiger partial charge in [0, 0.05) is 32.9 Å². The smallest absolute Gasteiger partial charge is 0.0472 e. The van der Waals surface area contributed by atoms with Crippen LogP contribution in [0.4, 0.5) is 0 Å². The molecule has 1 rings (SSSR count). The molecule has 1 heterocycles. The zero-order chi connectivity index (χ0) is 13.3. The molecule has 0 radical (unpaired) electrons. The van der Waals surface area contributed by atoms with Gasteiger partial charge >= 0.3 is 0 Å². The van der Waals surface area contributed by atoms with Crippen LogP contribution in [0.15, 0.2) is 0 Å². The van der Waals surface area contributed by atoms with E-state index in [1.165, 1.54) is 6.42 Å². The van der Waals surface area contributed by atoms with E-state index in [2.05, 4.69) is 17.3 Å². The summed E-state index contributed by atoms with van der Waals surface area (Å²) in [5.41, 5.74) is 0.388. The van der Waals surface area contributed by atoms with Gasteiger partial charge in [0.2, 0.25) is 0 Å². The van der Waals surface area contributed by atoms with Crippen molar-refractivity contribution >= 4 is 0 Å². The van der Waals surface area contributed by atoms with E-state index in [1.54, 1.807) is 0 Å². The van der Waals surface area contributed by atoms with Crippen LogP contribution in [-0.2, 0) is 4.74 Å². The Labute approximate surface area is 112 Å². The number of hydrogen-bond acceptors (Lipinski definition) is 4. The highest BCUT2D eigenvalue weighted by molar-refractivity contribution is 4.86. The molecule has 18 heavy (non-hydrogen) atoms. The summed E-state index contributed by atoms with van der Waals surface area (Å²) in [4.78, 5) is 2.44. The van der Waals surface area contributed by atoms with Gasteiger partial charge in [-0.3, -0.25) is 0 Å². The second kappa shape index (κ2) is 8.86. The zero-order valence-corrected chi connectivity index (χ0v) is 12.1. The largest absolute Gasteiger partial charge is 0.396 e. The Morgan fingerprint density at radius 2 is 1.94 bits per heavy atom. The normalized spacial score (nSPS) is 19.3. The molecule has 1 saturated heterocycles. The SMILES string of the molecule is CNCC1(CN(C)CCCCCO)CCOCC1. The Hall–Kier alpha value is -0.160. The fourth-order valence-electron chi connectivity index (χ4n) is 2.89. The van der Waals surface area contributed by atoms with E-state index < -0.39 is 0 Å². The maximum atomic E-state index is 8.77. The molecule has 4 heteroatoms. The zero-order valence-electron chi connectivity index (χ0n) is 12.1. The van der Waals surface area contributed by atoms with Crippen molar-refractivity contribution in [2.24, 2.45) is 5.41 Å². The third-order valence-electron chi connectivity index (χ3n) is 3.91. The first-order chi connectivity index (χ1) is 8.72. The number of nitrogens with zero attached hydrogens (tertiary/aromatic N) is 1. The fourth-order valence-corrected chi connectivity index (χ4v) is 2.89. The third kappa shape index (κ3) is 5.65. The molecular weight excluding hydrogens is 228 g/mol. The van der Waals surface area contributed by atoms with E-state index >= 15 is 0 Å². The number of aliphatic hydroxyl groups is 1. The Bertz CT molecular complexity index is 200. The van der Waals surface area contributed by atoms with Gasteiger partial charge in [0.15, 0.2) is 0 Å². The molecule has 0 amide bonds. The van der Waals surface area contributed by atoms with Crippen LogP contribution in [0.25, 0.3) is 0 Å². The van der Waals surface area contributed by atoms with Crippen molar-refractivity contribution in [1.29, 1.82) is 0 Å². The molecule has 108 valence electrons. The molecule has 4 nitrogen and oxygen atoms in total. The maximum absolute atomic E-state index is 8.77. The standard InChI is InChI=1S/C14H30N2O2/c1-15-12-14(6-10-18-11-7-14)13-16(2)8-4-3-5-9-17/h15,17H,3-13H2,1-2H3. The highest BCUT2D eigenvalue weighted by atomic mass is 16.5. The van der Waals surface area contributed by atoms with Crippen LogP contribution < -0.4 is 5.32 Å². The molecule has 0 atom stereocenters. The molecule has 0 saturated carbocycles. The molecule has 1 aliphatic rings. The summed E-state index contributed by atoms with van der Waals surface area (Å²) in [5, 5.41) is 12.1. The van der Waals surface area contributed by atoms with Crippen molar-refractivity contribution in [2.75, 3.05) is 53.6 Å². The van der Waals surface area contributed by atoms with E-state index in [0.717, 1.165) is 58.5 Å². The first-order valence-corrected chi connectivity index (χ1v) is 7.24. The van der Waals surface area contributed by atoms with Gasteiger partial charge in [0.25, 0.3) is 0 Å². The minimum atomic E-state index is 0.324. The summed E-state index contributed by atoms with van der Waals surface area (Å²) in [6.07, 6.45) is 5.57. The van der Waals surface area contributed by atoms with Crippen molar-refractivity contribution in [2.45, 2.75) is 32.1 Å². The fraction of sp³-hybridized carbons (Fsp3) is 1.00. The van der Waals surface area contributed by atoms with Gasteiger partial charge in [0.1, 0.15) is 0 Å². The lowest BCUT2D eigenvalue weighted by Crippen LogP contribution is -2.46. The second-order valence-electron chi connectivity index (χ2n) is 5.66. The monoisotopic (exact) mass is 258 g/mol. The molecule has 0 aromatic heterocycles. The van der Waals surface area contributed by atoms with E-state index in [1.807, 2.05) is 7.05 Å². The van der Waals surface area contributed by atoms with Crippen LogP contribution in [0.3, 0.4) is 0 Å². The molecule has 0 aromatic carbocycles. The minimum absolute atomic E-state index is 0.324. The van der Waals surface area contributed by atoms with Crippen molar-refractivity contribution in [3.05, 3.63) is 0 Å². The number of aliphatic hydroxyl groups excluding tert-OH is 1. The van der Waals surface area contributed by atoms with Gasteiger partial charge in [0.05, 0.1) is 0 Å². The van der Waals surface area contributed by atoms with E-state index in [4.69, 9.17) is 9.84 Å². The quantitative estimate of drug-likeness (QED) is 0.608. The van der Waals surface area contributed by atoms with Crippen LogP contribution >= 0.6 is 0 Å². The summed E-state index contributed by atoms with van der Waals surface area (Å²) >= 11 is 0. The van der Waals surface area contributed by atoms with Crippen molar-refractivity contribution in [1.82, 2.24) is 10.2 Å². The summed E-state index contributed by atoms with van der Waals surface area (Å²) in [6, 6.07) is 0. The highest BCUT2D eigenvalue weighted by Crippen LogP contribution is 2.30. The van der Waals surface area contributed by atoms with Crippen LogP contribution in [0.1, 0.15) is 32.1 Å². The van der Waals surface area contributed by atoms with E-state index in [0.29, 0.717) is 12.0 Å². The van der Waals surface area contributed by atoms with Gasteiger partial charge in [-0.2, -0.15) is 0 Å². The first-order valence-electron chi connectivity index (χ1n) is 7.24. The Kier molecular flexibility index (Phi) is 7.82. The van der Waals surface area contributed by atoms with Gasteiger partial charge in [-0.05, 0) is 58.2 Å². The van der Waals surface area contributed by atoms with E-state index in [9.17, 15) is 0 Å². The van der Waals surface area contributed by atoms with Crippen LogP contribution in [0, 0.1) is 5.41 Å². The first kappa shape index (κ1) is 15.9. The van der Waals surface area contributed by atoms with Crippen molar-refractivity contribution < 1.29 is 9.84 Å². The molecular formula is C14H30N2O2. The average Bonchev–Trinajstić information content (AvgIpc) is 2.36. The molecule has 2 N–H and O–H groups in total. The molecule has 0 aromatic rings. The van der Waals surface area contributed by atoms with E-state index in [-0.39, 0.29) is 0 Å². The van der Waals surface area contributed by atoms with Gasteiger partial charge < -0.3 is 20.1 Å². The predicted molar refractivity (Wildman–Crippen MR) is 74.8 cm³/mol. The number of nitrogens with one attached hydrogen (secondary N) is 1. The molecule has 0 unspecified atom stereocenters. The summed E-state index contributed by atoms with van der Waals surface area (Å²) in [7, 11) is 4.25. The molecule has 0 spiro atoms. The molecule has 1 aliphatic heterocycles. The molecule has 1 fully saturated rings. The summed E-state index contributed by atoms with van der Waals surface area (Å²) < 4.78 is 5.49. The Morgan fingerprint density at radius 1 is 1.22 bits per heavy atom. The number of unbranched alkanes of at least 4 members (excludes halogenated alkanes) is 2. The van der Waals surface area contributed by atoms with Crippen LogP contribution in [0.5, 0.6) is 0 Å². The number of rotatable bonds is 9. The lowest BCUT2D eigenvalue weighted by atomic mass is 9.79. The Balaban J connectivity index is 2.30. The number of hydrogen-bond donors (Lipinski definition) is 2. The topological polar surface area (TPSA) is 44.7 Å². The second-order valence-corrected chi connectivity index (χ2v) is 5.66. The lowest BCUT2D eigenvalue weighted by Gasteiger charge is -2.40. The summed E-state index contributed by atoms with van der Waals surface area (Å²) in [6.45, 7) is 5.49. The predicted octanol–water partition coefficient (Wildman–Crippen LogP) is 1.10. The molecule has 0 bridgehead atoms. The van der Waals surface area contributed by atoms with Crippen LogP contribution in [-0.4, -0.2) is 63.6 Å². The summed E-state index contributed by atoms with van der Waals surface area (Å²) in [5.74, 6) is 0. The number of ether oxygens (including phenoxy) is 1. The third-order valence-corrected chi connectivity index (χ3v) is 3.91. The van der Waals surface area contributed by atoms with Gasteiger partial charge in [-0.1, -0.05) is 0 Å².